The molecule has 4 aliphatic carbocycles. The topological polar surface area (TPSA) is 93.8 Å². The highest BCUT2D eigenvalue weighted by molar-refractivity contribution is 6.01. The van der Waals surface area contributed by atoms with Gasteiger partial charge in [0.15, 0.2) is 11.4 Å². The summed E-state index contributed by atoms with van der Waals surface area (Å²) in [5.74, 6) is -0.995. The molecule has 1 aromatic rings. The number of fused-ring (bicyclic) bond motifs is 5. The summed E-state index contributed by atoms with van der Waals surface area (Å²) in [6, 6.07) is 3.12. The fraction of sp³-hybridized carbons (Fsp3) is 0.519. The molecule has 2 fully saturated rings. The molecule has 0 saturated heterocycles. The highest BCUT2D eigenvalue weighted by Gasteiger charge is 2.70. The third-order valence-electron chi connectivity index (χ3n) is 9.02. The Kier molecular flexibility index (Phi) is 4.94. The Bertz CT molecular complexity index is 1110. The van der Waals surface area contributed by atoms with E-state index in [0.717, 1.165) is 18.4 Å². The van der Waals surface area contributed by atoms with Crippen molar-refractivity contribution in [2.24, 2.45) is 28.6 Å². The van der Waals surface area contributed by atoms with Crippen molar-refractivity contribution in [1.82, 2.24) is 0 Å². The van der Waals surface area contributed by atoms with Crippen molar-refractivity contribution in [2.45, 2.75) is 52.1 Å². The first-order valence-corrected chi connectivity index (χ1v) is 11.7. The lowest BCUT2D eigenvalue weighted by Crippen LogP contribution is -2.60. The number of aliphatic hydroxyl groups excluding tert-OH is 1. The van der Waals surface area contributed by atoms with Gasteiger partial charge in [0.1, 0.15) is 6.61 Å². The van der Waals surface area contributed by atoms with Crippen LogP contribution in [0.2, 0.25) is 0 Å². The Hall–Kier alpha value is -2.73. The number of rotatable bonds is 4. The van der Waals surface area contributed by atoms with Gasteiger partial charge in [-0.05, 0) is 68.7 Å². The zero-order valence-electron chi connectivity index (χ0n) is 19.3. The normalized spacial score (nSPS) is 39.2. The predicted molar refractivity (Wildman–Crippen MR) is 120 cm³/mol. The molecular weight excluding hydrogens is 420 g/mol. The summed E-state index contributed by atoms with van der Waals surface area (Å²) in [7, 11) is 0. The minimum atomic E-state index is -1.44. The van der Waals surface area contributed by atoms with E-state index in [-0.39, 0.29) is 34.7 Å². The number of esters is 1. The summed E-state index contributed by atoms with van der Waals surface area (Å²) in [6.07, 6.45) is 12.0. The van der Waals surface area contributed by atoms with Crippen molar-refractivity contribution < 1.29 is 28.6 Å². The van der Waals surface area contributed by atoms with Gasteiger partial charge in [0.2, 0.25) is 11.5 Å². The van der Waals surface area contributed by atoms with E-state index in [1.807, 2.05) is 19.9 Å². The maximum atomic E-state index is 13.4. The van der Waals surface area contributed by atoms with E-state index in [1.54, 1.807) is 18.2 Å². The van der Waals surface area contributed by atoms with E-state index in [9.17, 15) is 19.5 Å². The number of Topliss-reactive ketones (excluding diaryl/α,β-unsaturated/α-hetero) is 1. The van der Waals surface area contributed by atoms with Gasteiger partial charge in [-0.25, -0.2) is 4.79 Å². The molecule has 0 bridgehead atoms. The average molecular weight is 451 g/mol. The maximum absolute atomic E-state index is 13.4. The van der Waals surface area contributed by atoms with Crippen LogP contribution in [0.5, 0.6) is 0 Å². The van der Waals surface area contributed by atoms with Crippen LogP contribution in [0.1, 0.15) is 57.0 Å². The molecule has 174 valence electrons. The number of hydrogen-bond donors (Lipinski definition) is 1. The third kappa shape index (κ3) is 2.86. The van der Waals surface area contributed by atoms with Gasteiger partial charge in [0.05, 0.1) is 6.26 Å². The van der Waals surface area contributed by atoms with Crippen LogP contribution < -0.4 is 0 Å². The molecule has 5 rings (SSSR count). The molecule has 6 heteroatoms. The quantitative estimate of drug-likeness (QED) is 0.546. The van der Waals surface area contributed by atoms with Crippen LogP contribution >= 0.6 is 0 Å². The number of hydrogen-bond acceptors (Lipinski definition) is 6. The summed E-state index contributed by atoms with van der Waals surface area (Å²) in [4.78, 5) is 38.3. The highest BCUT2D eigenvalue weighted by Crippen LogP contribution is 2.67. The number of carbonyl (C=O) groups is 3. The molecule has 0 spiro atoms. The summed E-state index contributed by atoms with van der Waals surface area (Å²) in [6.45, 7) is 5.46. The van der Waals surface area contributed by atoms with Crippen LogP contribution in [-0.4, -0.2) is 34.9 Å². The summed E-state index contributed by atoms with van der Waals surface area (Å²) >= 11 is 0. The van der Waals surface area contributed by atoms with Crippen molar-refractivity contribution in [3.8, 4) is 0 Å². The van der Waals surface area contributed by atoms with Gasteiger partial charge in [-0.2, -0.15) is 0 Å². The second kappa shape index (κ2) is 7.39. The second-order valence-electron chi connectivity index (χ2n) is 10.5. The number of carbonyl (C=O) groups excluding carboxylic acids is 3. The van der Waals surface area contributed by atoms with Crippen molar-refractivity contribution in [3.63, 3.8) is 0 Å². The van der Waals surface area contributed by atoms with Crippen molar-refractivity contribution in [2.75, 3.05) is 6.61 Å². The number of furan rings is 1. The smallest absolute Gasteiger partial charge is 0.375 e. The third-order valence-corrected chi connectivity index (χ3v) is 9.02. The molecule has 2 saturated carbocycles. The molecule has 6 nitrogen and oxygen atoms in total. The number of aliphatic hydroxyl groups is 1. The average Bonchev–Trinajstić information content (AvgIpc) is 3.40. The molecule has 0 amide bonds. The summed E-state index contributed by atoms with van der Waals surface area (Å²) < 4.78 is 11.3. The first-order valence-electron chi connectivity index (χ1n) is 11.7. The van der Waals surface area contributed by atoms with Crippen LogP contribution in [0.4, 0.5) is 0 Å². The van der Waals surface area contributed by atoms with Crippen LogP contribution in [0, 0.1) is 28.6 Å². The van der Waals surface area contributed by atoms with Gasteiger partial charge in [0, 0.05) is 16.7 Å². The van der Waals surface area contributed by atoms with E-state index >= 15 is 0 Å². The number of ketones is 2. The van der Waals surface area contributed by atoms with Gasteiger partial charge >= 0.3 is 5.97 Å². The SMILES string of the molecule is C[C@@H]1C[C@H]2[C@@H]3CCC4=CC(=O)C=C[C@]4(C)C3=CC[C@]2(C)[C@@]1(OC(=O)c1ccco1)C(=O)CO. The molecule has 1 heterocycles. The zero-order chi connectivity index (χ0) is 23.6. The van der Waals surface area contributed by atoms with Crippen LogP contribution in [0.3, 0.4) is 0 Å². The van der Waals surface area contributed by atoms with Crippen molar-refractivity contribution in [3.05, 3.63) is 59.6 Å². The predicted octanol–water partition coefficient (Wildman–Crippen LogP) is 4.21. The Labute approximate surface area is 193 Å². The molecule has 0 aliphatic heterocycles. The molecule has 33 heavy (non-hydrogen) atoms. The van der Waals surface area contributed by atoms with Crippen molar-refractivity contribution in [1.29, 1.82) is 0 Å². The molecule has 6 atom stereocenters. The molecular formula is C27H30O6. The van der Waals surface area contributed by atoms with Crippen LogP contribution in [0.15, 0.2) is 58.3 Å². The minimum absolute atomic E-state index is 0.0362. The van der Waals surface area contributed by atoms with Gasteiger partial charge in [-0.3, -0.25) is 9.59 Å². The van der Waals surface area contributed by atoms with Crippen LogP contribution in [-0.2, 0) is 14.3 Å². The van der Waals surface area contributed by atoms with E-state index in [0.29, 0.717) is 12.8 Å². The Morgan fingerprint density at radius 2 is 2.09 bits per heavy atom. The van der Waals surface area contributed by atoms with E-state index in [4.69, 9.17) is 9.15 Å². The number of allylic oxidation sites excluding steroid dienone is 6. The fourth-order valence-corrected chi connectivity index (χ4v) is 7.43. The van der Waals surface area contributed by atoms with E-state index in [2.05, 4.69) is 13.0 Å². The van der Waals surface area contributed by atoms with E-state index in [1.165, 1.54) is 17.9 Å². The fourth-order valence-electron chi connectivity index (χ4n) is 7.43. The van der Waals surface area contributed by atoms with Crippen LogP contribution in [0.25, 0.3) is 0 Å². The number of ether oxygens (including phenoxy) is 1. The standard InChI is InChI=1S/C27H30O6/c1-16-13-21-19-7-6-17-14-18(29)8-10-25(17,2)20(19)9-11-26(21,3)27(16,23(30)15-28)33-24(31)22-5-4-12-32-22/h4-5,8-10,12,14,16,19,21,28H,6-7,11,13,15H2,1-3H3/t16-,19-,21+,25+,26+,27+/m1/s1. The van der Waals surface area contributed by atoms with E-state index < -0.39 is 29.4 Å². The maximum Gasteiger partial charge on any atom is 0.375 e. The van der Waals surface area contributed by atoms with Crippen molar-refractivity contribution >= 4 is 17.5 Å². The van der Waals surface area contributed by atoms with Gasteiger partial charge in [-0.1, -0.05) is 37.1 Å². The summed E-state index contributed by atoms with van der Waals surface area (Å²) in [5, 5.41) is 9.95. The first kappa shape index (κ1) is 22.1. The Morgan fingerprint density at radius 1 is 1.30 bits per heavy atom. The lowest BCUT2D eigenvalue weighted by atomic mass is 9.51. The highest BCUT2D eigenvalue weighted by atomic mass is 16.6. The zero-order valence-corrected chi connectivity index (χ0v) is 19.3. The van der Waals surface area contributed by atoms with Gasteiger partial charge in [0.25, 0.3) is 0 Å². The molecule has 1 N–H and O–H groups in total. The lowest BCUT2D eigenvalue weighted by Gasteiger charge is -2.54. The Morgan fingerprint density at radius 3 is 2.79 bits per heavy atom. The first-order chi connectivity index (χ1) is 15.7. The monoisotopic (exact) mass is 450 g/mol. The van der Waals surface area contributed by atoms with Gasteiger partial charge in [-0.15, -0.1) is 0 Å². The molecule has 0 aromatic carbocycles. The molecule has 4 aliphatic rings. The van der Waals surface area contributed by atoms with Gasteiger partial charge < -0.3 is 14.3 Å². The lowest BCUT2D eigenvalue weighted by molar-refractivity contribution is -0.163. The molecule has 1 aromatic heterocycles. The molecule has 0 radical (unpaired) electrons. The molecule has 0 unspecified atom stereocenters. The summed E-state index contributed by atoms with van der Waals surface area (Å²) in [5.41, 5.74) is 0.0535. The second-order valence-corrected chi connectivity index (χ2v) is 10.5. The Balaban J connectivity index is 1.59. The largest absolute Gasteiger partial charge is 0.457 e. The minimum Gasteiger partial charge on any atom is -0.457 e.